The van der Waals surface area contributed by atoms with Crippen molar-refractivity contribution < 1.29 is 9.21 Å². The number of aromatic nitrogens is 3. The van der Waals surface area contributed by atoms with E-state index in [0.717, 1.165) is 4.88 Å². The standard InChI is InChI=1S/C13H10N4O2S3/c18-10(15-12-14-5-7-21-12)8-22-13-17-16-11(19-13)4-3-9-2-1-6-20-9/h1-7H,8H2,(H,14,15,18)/b4-3+. The lowest BCUT2D eigenvalue weighted by atomic mass is 10.4. The van der Waals surface area contributed by atoms with Crippen LogP contribution in [0.3, 0.4) is 0 Å². The van der Waals surface area contributed by atoms with Gasteiger partial charge in [-0.15, -0.1) is 32.9 Å². The third kappa shape index (κ3) is 4.26. The molecule has 112 valence electrons. The molecule has 0 atom stereocenters. The number of thiazole rings is 1. The zero-order chi connectivity index (χ0) is 15.2. The maximum Gasteiger partial charge on any atom is 0.277 e. The summed E-state index contributed by atoms with van der Waals surface area (Å²) in [5.41, 5.74) is 0. The number of carbonyl (C=O) groups is 1. The van der Waals surface area contributed by atoms with Gasteiger partial charge in [-0.2, -0.15) is 0 Å². The Labute approximate surface area is 138 Å². The summed E-state index contributed by atoms with van der Waals surface area (Å²) in [6.07, 6.45) is 5.29. The number of hydrogen-bond acceptors (Lipinski definition) is 8. The van der Waals surface area contributed by atoms with Crippen LogP contribution in [0, 0.1) is 0 Å². The minimum Gasteiger partial charge on any atom is -0.412 e. The zero-order valence-corrected chi connectivity index (χ0v) is 13.6. The Morgan fingerprint density at radius 1 is 1.32 bits per heavy atom. The number of nitrogens with zero attached hydrogens (tertiary/aromatic N) is 3. The molecule has 0 radical (unpaired) electrons. The molecule has 0 aromatic carbocycles. The first-order valence-electron chi connectivity index (χ1n) is 6.17. The van der Waals surface area contributed by atoms with E-state index in [2.05, 4.69) is 20.5 Å². The van der Waals surface area contributed by atoms with Crippen LogP contribution in [0.4, 0.5) is 5.13 Å². The number of thioether (sulfide) groups is 1. The first kappa shape index (κ1) is 14.9. The summed E-state index contributed by atoms with van der Waals surface area (Å²) in [7, 11) is 0. The molecule has 0 aliphatic rings. The smallest absolute Gasteiger partial charge is 0.277 e. The van der Waals surface area contributed by atoms with Crippen molar-refractivity contribution in [3.63, 3.8) is 0 Å². The summed E-state index contributed by atoms with van der Waals surface area (Å²) < 4.78 is 5.43. The van der Waals surface area contributed by atoms with Crippen molar-refractivity contribution in [1.29, 1.82) is 0 Å². The summed E-state index contributed by atoms with van der Waals surface area (Å²) in [4.78, 5) is 16.8. The van der Waals surface area contributed by atoms with Crippen LogP contribution in [0.2, 0.25) is 0 Å². The molecule has 1 amide bonds. The van der Waals surface area contributed by atoms with E-state index in [4.69, 9.17) is 4.42 Å². The molecule has 0 fully saturated rings. The van der Waals surface area contributed by atoms with Crippen LogP contribution in [0.15, 0.2) is 38.7 Å². The lowest BCUT2D eigenvalue weighted by molar-refractivity contribution is -0.113. The van der Waals surface area contributed by atoms with Gasteiger partial charge in [-0.3, -0.25) is 4.79 Å². The van der Waals surface area contributed by atoms with Crippen molar-refractivity contribution in [2.75, 3.05) is 11.1 Å². The zero-order valence-electron chi connectivity index (χ0n) is 11.1. The average molecular weight is 350 g/mol. The fourth-order valence-electron chi connectivity index (χ4n) is 1.45. The molecule has 22 heavy (non-hydrogen) atoms. The molecular formula is C13H10N4O2S3. The SMILES string of the molecule is O=C(CSc1nnc(/C=C/c2cccs2)o1)Nc1nccs1. The molecule has 1 N–H and O–H groups in total. The molecule has 0 saturated heterocycles. The molecule has 3 aromatic heterocycles. The second kappa shape index (κ2) is 7.34. The molecule has 0 saturated carbocycles. The van der Waals surface area contributed by atoms with Crippen LogP contribution in [-0.4, -0.2) is 26.8 Å². The molecule has 3 rings (SSSR count). The summed E-state index contributed by atoms with van der Waals surface area (Å²) in [6, 6.07) is 3.97. The van der Waals surface area contributed by atoms with Gasteiger partial charge in [0.05, 0.1) is 5.75 Å². The lowest BCUT2D eigenvalue weighted by Crippen LogP contribution is -2.13. The highest BCUT2D eigenvalue weighted by Crippen LogP contribution is 2.19. The van der Waals surface area contributed by atoms with Crippen molar-refractivity contribution in [2.24, 2.45) is 0 Å². The maximum absolute atomic E-state index is 11.7. The Hall–Kier alpha value is -1.97. The molecule has 3 heterocycles. The van der Waals surface area contributed by atoms with E-state index in [1.54, 1.807) is 29.0 Å². The van der Waals surface area contributed by atoms with E-state index in [9.17, 15) is 4.79 Å². The summed E-state index contributed by atoms with van der Waals surface area (Å²) >= 11 is 4.18. The van der Waals surface area contributed by atoms with E-state index in [-0.39, 0.29) is 11.7 Å². The number of hydrogen-bond donors (Lipinski definition) is 1. The van der Waals surface area contributed by atoms with E-state index < -0.39 is 0 Å². The highest BCUT2D eigenvalue weighted by Gasteiger charge is 2.09. The normalized spacial score (nSPS) is 11.1. The molecule has 3 aromatic rings. The van der Waals surface area contributed by atoms with Gasteiger partial charge in [0.1, 0.15) is 0 Å². The van der Waals surface area contributed by atoms with Crippen LogP contribution in [-0.2, 0) is 4.79 Å². The number of nitrogens with one attached hydrogen (secondary N) is 1. The highest BCUT2D eigenvalue weighted by atomic mass is 32.2. The van der Waals surface area contributed by atoms with Gasteiger partial charge >= 0.3 is 0 Å². The minimum absolute atomic E-state index is 0.158. The second-order valence-electron chi connectivity index (χ2n) is 3.93. The Morgan fingerprint density at radius 3 is 3.05 bits per heavy atom. The van der Waals surface area contributed by atoms with E-state index >= 15 is 0 Å². The Kier molecular flexibility index (Phi) is 4.99. The first-order valence-corrected chi connectivity index (χ1v) is 8.91. The predicted molar refractivity (Wildman–Crippen MR) is 89.0 cm³/mol. The van der Waals surface area contributed by atoms with Crippen LogP contribution >= 0.6 is 34.4 Å². The van der Waals surface area contributed by atoms with Gasteiger partial charge in [-0.05, 0) is 17.5 Å². The van der Waals surface area contributed by atoms with E-state index in [1.165, 1.54) is 23.1 Å². The van der Waals surface area contributed by atoms with Crippen LogP contribution in [0.25, 0.3) is 12.2 Å². The largest absolute Gasteiger partial charge is 0.412 e. The molecular weight excluding hydrogens is 340 g/mol. The molecule has 0 aliphatic carbocycles. The highest BCUT2D eigenvalue weighted by molar-refractivity contribution is 7.99. The Balaban J connectivity index is 1.50. The maximum atomic E-state index is 11.7. The number of rotatable bonds is 6. The molecule has 0 bridgehead atoms. The van der Waals surface area contributed by atoms with Gasteiger partial charge in [0.25, 0.3) is 5.22 Å². The first-order chi connectivity index (χ1) is 10.8. The van der Waals surface area contributed by atoms with Crippen molar-refractivity contribution in [2.45, 2.75) is 5.22 Å². The lowest BCUT2D eigenvalue weighted by Gasteiger charge is -1.98. The van der Waals surface area contributed by atoms with Gasteiger partial charge < -0.3 is 9.73 Å². The number of anilines is 1. The minimum atomic E-state index is -0.158. The van der Waals surface area contributed by atoms with Crippen LogP contribution < -0.4 is 5.32 Å². The molecule has 0 unspecified atom stereocenters. The number of amides is 1. The summed E-state index contributed by atoms with van der Waals surface area (Å²) in [6.45, 7) is 0. The summed E-state index contributed by atoms with van der Waals surface area (Å²) in [5.74, 6) is 0.445. The van der Waals surface area contributed by atoms with Crippen molar-refractivity contribution in [3.05, 3.63) is 39.9 Å². The number of thiophene rings is 1. The van der Waals surface area contributed by atoms with Crippen molar-refractivity contribution in [3.8, 4) is 0 Å². The van der Waals surface area contributed by atoms with Gasteiger partial charge in [-0.1, -0.05) is 17.8 Å². The van der Waals surface area contributed by atoms with Crippen molar-refractivity contribution >= 4 is 57.6 Å². The fourth-order valence-corrected chi connectivity index (χ4v) is 3.19. The molecule has 0 spiro atoms. The quantitative estimate of drug-likeness (QED) is 0.685. The van der Waals surface area contributed by atoms with E-state index in [1.807, 2.05) is 23.6 Å². The molecule has 9 heteroatoms. The van der Waals surface area contributed by atoms with Gasteiger partial charge in [-0.25, -0.2) is 4.98 Å². The van der Waals surface area contributed by atoms with Gasteiger partial charge in [0.2, 0.25) is 11.8 Å². The van der Waals surface area contributed by atoms with Crippen molar-refractivity contribution in [1.82, 2.24) is 15.2 Å². The molecule has 6 nitrogen and oxygen atoms in total. The summed E-state index contributed by atoms with van der Waals surface area (Å²) in [5, 5.41) is 15.2. The topological polar surface area (TPSA) is 80.9 Å². The van der Waals surface area contributed by atoms with Crippen LogP contribution in [0.5, 0.6) is 0 Å². The van der Waals surface area contributed by atoms with E-state index in [0.29, 0.717) is 16.2 Å². The Morgan fingerprint density at radius 2 is 2.27 bits per heavy atom. The monoisotopic (exact) mass is 350 g/mol. The average Bonchev–Trinajstić information content (AvgIpc) is 3.25. The number of carbonyl (C=O) groups excluding carboxylic acids is 1. The Bertz CT molecular complexity index is 750. The second-order valence-corrected chi connectivity index (χ2v) is 6.73. The van der Waals surface area contributed by atoms with Gasteiger partial charge in [0, 0.05) is 22.5 Å². The third-order valence-corrected chi connectivity index (χ3v) is 4.71. The van der Waals surface area contributed by atoms with Gasteiger partial charge in [0.15, 0.2) is 5.13 Å². The van der Waals surface area contributed by atoms with Crippen LogP contribution in [0.1, 0.15) is 10.8 Å². The third-order valence-electron chi connectivity index (χ3n) is 2.36. The molecule has 0 aliphatic heterocycles. The predicted octanol–water partition coefficient (Wildman–Crippen LogP) is 3.49. The fraction of sp³-hybridized carbons (Fsp3) is 0.0769.